The van der Waals surface area contributed by atoms with Crippen LogP contribution >= 0.6 is 0 Å². The summed E-state index contributed by atoms with van der Waals surface area (Å²) in [4.78, 5) is 31.5. The first kappa shape index (κ1) is 23.8. The van der Waals surface area contributed by atoms with Crippen molar-refractivity contribution in [3.8, 4) is 0 Å². The average Bonchev–Trinajstić information content (AvgIpc) is 2.57. The number of unbranched alkanes of at least 4 members (excludes halogenated alkanes) is 8. The van der Waals surface area contributed by atoms with Crippen molar-refractivity contribution >= 4 is 5.97 Å². The van der Waals surface area contributed by atoms with Crippen LogP contribution in [-0.4, -0.2) is 20.9 Å². The molecule has 0 spiro atoms. The maximum atomic E-state index is 11.1. The van der Waals surface area contributed by atoms with E-state index in [1.54, 1.807) is 0 Å². The van der Waals surface area contributed by atoms with Gasteiger partial charge in [0.15, 0.2) is 0 Å². The molecule has 0 aliphatic rings. The van der Waals surface area contributed by atoms with Gasteiger partial charge in [-0.25, -0.2) is 0 Å². The van der Waals surface area contributed by atoms with Crippen LogP contribution < -0.4 is 0 Å². The lowest BCUT2D eigenvalue weighted by Gasteiger charge is -2.01. The van der Waals surface area contributed by atoms with Gasteiger partial charge in [0.25, 0.3) is 11.4 Å². The zero-order valence-corrected chi connectivity index (χ0v) is 15.5. The van der Waals surface area contributed by atoms with Crippen LogP contribution in [0.15, 0.2) is 23.5 Å². The molecule has 148 valence electrons. The Kier molecular flexibility index (Phi) is 13.7. The normalized spacial score (nSPS) is 12.2. The number of aliphatic carboxylic acids is 1. The molecule has 0 saturated carbocycles. The first-order valence-electron chi connectivity index (χ1n) is 9.27. The van der Waals surface area contributed by atoms with E-state index in [4.69, 9.17) is 5.11 Å². The number of nitro groups is 2. The van der Waals surface area contributed by atoms with Gasteiger partial charge in [-0.05, 0) is 44.3 Å². The van der Waals surface area contributed by atoms with E-state index >= 15 is 0 Å². The van der Waals surface area contributed by atoms with Crippen LogP contribution in [-0.2, 0) is 4.79 Å². The molecule has 0 aliphatic carbocycles. The number of carbonyl (C=O) groups is 1. The Morgan fingerprint density at radius 2 is 1.31 bits per heavy atom. The van der Waals surface area contributed by atoms with Crippen molar-refractivity contribution in [3.63, 3.8) is 0 Å². The Labute approximate surface area is 154 Å². The summed E-state index contributed by atoms with van der Waals surface area (Å²) in [6.07, 6.45) is 10.7. The lowest BCUT2D eigenvalue weighted by Crippen LogP contribution is -2.06. The van der Waals surface area contributed by atoms with Gasteiger partial charge < -0.3 is 5.11 Å². The van der Waals surface area contributed by atoms with Crippen LogP contribution in [0, 0.1) is 20.2 Å². The van der Waals surface area contributed by atoms with Crippen molar-refractivity contribution in [1.29, 1.82) is 0 Å². The number of hydrogen-bond acceptors (Lipinski definition) is 5. The third-order valence-corrected chi connectivity index (χ3v) is 3.99. The highest BCUT2D eigenvalue weighted by Gasteiger charge is 2.20. The van der Waals surface area contributed by atoms with Gasteiger partial charge in [-0.2, -0.15) is 0 Å². The molecule has 0 aromatic heterocycles. The molecule has 0 aliphatic heterocycles. The van der Waals surface area contributed by atoms with Gasteiger partial charge in [-0.3, -0.25) is 25.0 Å². The van der Waals surface area contributed by atoms with Gasteiger partial charge in [-0.15, -0.1) is 0 Å². The summed E-state index contributed by atoms with van der Waals surface area (Å²) < 4.78 is 0. The summed E-state index contributed by atoms with van der Waals surface area (Å²) in [5.74, 6) is -0.798. The maximum Gasteiger partial charge on any atom is 0.303 e. The highest BCUT2D eigenvalue weighted by Crippen LogP contribution is 2.16. The highest BCUT2D eigenvalue weighted by molar-refractivity contribution is 5.66. The molecule has 0 bridgehead atoms. The van der Waals surface area contributed by atoms with Crippen LogP contribution in [0.4, 0.5) is 0 Å². The number of hydrogen-bond donors (Lipinski definition) is 1. The molecule has 26 heavy (non-hydrogen) atoms. The van der Waals surface area contributed by atoms with Gasteiger partial charge in [0, 0.05) is 6.42 Å². The van der Waals surface area contributed by atoms with Gasteiger partial charge in [0.2, 0.25) is 0 Å². The van der Waals surface area contributed by atoms with Gasteiger partial charge >= 0.3 is 5.97 Å². The molecule has 0 amide bonds. The molecule has 1 N–H and O–H groups in total. The molecule has 0 radical (unpaired) electrons. The van der Waals surface area contributed by atoms with E-state index < -0.39 is 15.8 Å². The van der Waals surface area contributed by atoms with Crippen molar-refractivity contribution in [1.82, 2.24) is 0 Å². The summed E-state index contributed by atoms with van der Waals surface area (Å²) in [6, 6.07) is 0. The largest absolute Gasteiger partial charge is 0.481 e. The minimum Gasteiger partial charge on any atom is -0.481 e. The molecule has 0 atom stereocenters. The van der Waals surface area contributed by atoms with E-state index in [0.717, 1.165) is 44.9 Å². The lowest BCUT2D eigenvalue weighted by atomic mass is 10.1. The second kappa shape index (κ2) is 15.0. The first-order chi connectivity index (χ1) is 12.4. The minimum atomic E-state index is -0.798. The molecule has 0 rings (SSSR count). The molecule has 0 aromatic rings. The third-order valence-electron chi connectivity index (χ3n) is 3.99. The van der Waals surface area contributed by atoms with E-state index in [0.29, 0.717) is 19.3 Å². The number of rotatable bonds is 16. The number of carboxylic acid groups (broad SMARTS) is 1. The molecular formula is C18H30N2O6. The van der Waals surface area contributed by atoms with Crippen LogP contribution in [0.25, 0.3) is 0 Å². The van der Waals surface area contributed by atoms with Gasteiger partial charge in [-0.1, -0.05) is 39.0 Å². The first-order valence-corrected chi connectivity index (χ1v) is 9.27. The monoisotopic (exact) mass is 370 g/mol. The Bertz CT molecular complexity index is 514. The Morgan fingerprint density at radius 3 is 1.77 bits per heavy atom. The lowest BCUT2D eigenvalue weighted by molar-refractivity contribution is -0.450. The van der Waals surface area contributed by atoms with E-state index in [1.807, 2.05) is 6.92 Å². The summed E-state index contributed by atoms with van der Waals surface area (Å²) in [7, 11) is 0. The summed E-state index contributed by atoms with van der Waals surface area (Å²) in [6.45, 7) is 2.04. The second-order valence-electron chi connectivity index (χ2n) is 6.28. The molecule has 8 nitrogen and oxygen atoms in total. The van der Waals surface area contributed by atoms with Crippen molar-refractivity contribution in [3.05, 3.63) is 43.8 Å². The molecule has 8 heteroatoms. The standard InChI is InChI=1S/C18H30N2O6/c1-2-3-4-9-12-16(19(23)24)15-17(20(25)26)13-10-7-5-6-8-11-14-18(21)22/h12-13H,2-11,14-15H2,1H3,(H,21,22)/b16-12+,17-13+. The van der Waals surface area contributed by atoms with Crippen molar-refractivity contribution in [2.45, 2.75) is 84.0 Å². The molecule has 0 saturated heterocycles. The van der Waals surface area contributed by atoms with E-state index in [-0.39, 0.29) is 24.2 Å². The topological polar surface area (TPSA) is 124 Å². The van der Waals surface area contributed by atoms with Gasteiger partial charge in [0.1, 0.15) is 6.42 Å². The van der Waals surface area contributed by atoms with Crippen LogP contribution in [0.1, 0.15) is 84.0 Å². The summed E-state index contributed by atoms with van der Waals surface area (Å²) in [5.41, 5.74) is -0.243. The zero-order valence-electron chi connectivity index (χ0n) is 15.5. The van der Waals surface area contributed by atoms with Gasteiger partial charge in [0.05, 0.1) is 9.85 Å². The highest BCUT2D eigenvalue weighted by atomic mass is 16.6. The average molecular weight is 370 g/mol. The fourth-order valence-electron chi connectivity index (χ4n) is 2.49. The van der Waals surface area contributed by atoms with Crippen LogP contribution in [0.2, 0.25) is 0 Å². The number of nitrogens with zero attached hydrogens (tertiary/aromatic N) is 2. The zero-order chi connectivity index (χ0) is 19.8. The van der Waals surface area contributed by atoms with Crippen LogP contribution in [0.5, 0.6) is 0 Å². The predicted molar refractivity (Wildman–Crippen MR) is 98.9 cm³/mol. The van der Waals surface area contributed by atoms with Crippen molar-refractivity contribution < 1.29 is 19.7 Å². The SMILES string of the molecule is CCCCC/C=C(\C/C(=C\CCCCCCCC(=O)O)[N+](=O)[O-])[N+](=O)[O-]. The fraction of sp³-hybridized carbons (Fsp3) is 0.722. The fourth-order valence-corrected chi connectivity index (χ4v) is 2.49. The molecule has 0 aromatic carbocycles. The molecule has 0 fully saturated rings. The minimum absolute atomic E-state index is 0.113. The molecule has 0 unspecified atom stereocenters. The Balaban J connectivity index is 4.38. The molecule has 0 heterocycles. The number of allylic oxidation sites excluding steroid dienone is 2. The third kappa shape index (κ3) is 13.1. The number of carboxylic acids is 1. The quantitative estimate of drug-likeness (QED) is 0.229. The second-order valence-corrected chi connectivity index (χ2v) is 6.28. The predicted octanol–water partition coefficient (Wildman–Crippen LogP) is 5.09. The molecular weight excluding hydrogens is 340 g/mol. The van der Waals surface area contributed by atoms with E-state index in [1.165, 1.54) is 12.2 Å². The van der Waals surface area contributed by atoms with Crippen molar-refractivity contribution in [2.24, 2.45) is 0 Å². The Hall–Kier alpha value is -2.25. The summed E-state index contributed by atoms with van der Waals surface area (Å²) in [5, 5.41) is 30.8. The smallest absolute Gasteiger partial charge is 0.303 e. The van der Waals surface area contributed by atoms with Crippen LogP contribution in [0.3, 0.4) is 0 Å². The van der Waals surface area contributed by atoms with E-state index in [9.17, 15) is 25.0 Å². The van der Waals surface area contributed by atoms with Crippen molar-refractivity contribution in [2.75, 3.05) is 0 Å². The van der Waals surface area contributed by atoms with E-state index in [2.05, 4.69) is 0 Å². The summed E-state index contributed by atoms with van der Waals surface area (Å²) >= 11 is 0. The Morgan fingerprint density at radius 1 is 0.846 bits per heavy atom. The maximum absolute atomic E-state index is 11.1.